The summed E-state index contributed by atoms with van der Waals surface area (Å²) < 4.78 is 31.7. The molecule has 2 N–H and O–H groups in total. The first-order valence-electron chi connectivity index (χ1n) is 9.43. The van der Waals surface area contributed by atoms with Gasteiger partial charge in [0.2, 0.25) is 5.91 Å². The number of rotatable bonds is 5. The van der Waals surface area contributed by atoms with E-state index in [0.717, 1.165) is 24.5 Å². The van der Waals surface area contributed by atoms with Crippen LogP contribution in [0.5, 0.6) is 0 Å². The van der Waals surface area contributed by atoms with Gasteiger partial charge in [-0.1, -0.05) is 18.2 Å². The third-order valence-electron chi connectivity index (χ3n) is 4.39. The van der Waals surface area contributed by atoms with Gasteiger partial charge < -0.3 is 15.3 Å². The predicted molar refractivity (Wildman–Crippen MR) is 107 cm³/mol. The first-order chi connectivity index (χ1) is 15.2. The van der Waals surface area contributed by atoms with Crippen LogP contribution in [0.15, 0.2) is 61.1 Å². The number of carboxylic acids is 1. The number of hydrogen-bond donors (Lipinski definition) is 2. The van der Waals surface area contributed by atoms with Crippen LogP contribution in [0.1, 0.15) is 5.69 Å². The molecule has 0 bridgehead atoms. The number of aromatic nitrogens is 4. The Labute approximate surface area is 180 Å². The van der Waals surface area contributed by atoms with Crippen LogP contribution in [-0.4, -0.2) is 62.3 Å². The van der Waals surface area contributed by atoms with E-state index < -0.39 is 12.1 Å². The molecule has 12 heteroatoms. The van der Waals surface area contributed by atoms with Gasteiger partial charge in [-0.3, -0.25) is 9.78 Å². The standard InChI is InChI=1S/C18H18N6O.C2HF3O2/c25-18(21-15-12-23(13-15)16-6-8-19-9-7-16)10-14-11-20-24(22-14)17-4-2-1-3-5-17;3-2(4,5)1(6)7/h1-9,11,15H,10,12-13H2,(H,21,25);(H,6,7). The van der Waals surface area contributed by atoms with E-state index in [9.17, 15) is 18.0 Å². The molecular formula is C20H19F3N6O3. The van der Waals surface area contributed by atoms with Crippen molar-refractivity contribution in [2.45, 2.75) is 18.6 Å². The van der Waals surface area contributed by atoms with Crippen LogP contribution < -0.4 is 10.2 Å². The van der Waals surface area contributed by atoms with E-state index >= 15 is 0 Å². The Hall–Kier alpha value is -3.96. The lowest BCUT2D eigenvalue weighted by atomic mass is 10.1. The number of pyridine rings is 1. The Bertz CT molecular complexity index is 1040. The maximum absolute atomic E-state index is 12.2. The Morgan fingerprint density at radius 3 is 2.28 bits per heavy atom. The molecule has 0 saturated carbocycles. The molecule has 1 aliphatic rings. The average Bonchev–Trinajstić information content (AvgIpc) is 3.20. The highest BCUT2D eigenvalue weighted by atomic mass is 19.4. The van der Waals surface area contributed by atoms with Crippen molar-refractivity contribution in [3.05, 3.63) is 66.7 Å². The molecule has 3 heterocycles. The Morgan fingerprint density at radius 1 is 1.06 bits per heavy atom. The van der Waals surface area contributed by atoms with E-state index in [1.165, 1.54) is 4.80 Å². The van der Waals surface area contributed by atoms with Gasteiger partial charge in [0.05, 0.1) is 30.0 Å². The van der Waals surface area contributed by atoms with Crippen molar-refractivity contribution >= 4 is 17.6 Å². The summed E-state index contributed by atoms with van der Waals surface area (Å²) in [4.78, 5) is 28.8. The van der Waals surface area contributed by atoms with E-state index in [2.05, 4.69) is 25.4 Å². The van der Waals surface area contributed by atoms with Gasteiger partial charge >= 0.3 is 12.1 Å². The summed E-state index contributed by atoms with van der Waals surface area (Å²) >= 11 is 0. The van der Waals surface area contributed by atoms with E-state index in [4.69, 9.17) is 9.90 Å². The topological polar surface area (TPSA) is 113 Å². The van der Waals surface area contributed by atoms with E-state index in [1.807, 2.05) is 42.5 Å². The lowest BCUT2D eigenvalue weighted by Crippen LogP contribution is -2.59. The van der Waals surface area contributed by atoms with Gasteiger partial charge in [-0.15, -0.1) is 0 Å². The molecule has 1 aliphatic heterocycles. The van der Waals surface area contributed by atoms with E-state index in [-0.39, 0.29) is 18.4 Å². The number of hydrogen-bond acceptors (Lipinski definition) is 6. The highest BCUT2D eigenvalue weighted by Gasteiger charge is 2.38. The van der Waals surface area contributed by atoms with Crippen molar-refractivity contribution in [2.24, 2.45) is 0 Å². The highest BCUT2D eigenvalue weighted by molar-refractivity contribution is 5.78. The zero-order valence-electron chi connectivity index (χ0n) is 16.6. The van der Waals surface area contributed by atoms with E-state index in [0.29, 0.717) is 5.69 Å². The Morgan fingerprint density at radius 2 is 1.69 bits per heavy atom. The first kappa shape index (κ1) is 22.7. The van der Waals surface area contributed by atoms with Gasteiger partial charge in [0, 0.05) is 31.2 Å². The van der Waals surface area contributed by atoms with Crippen molar-refractivity contribution in [3.8, 4) is 5.69 Å². The number of carbonyl (C=O) groups excluding carboxylic acids is 1. The van der Waals surface area contributed by atoms with Crippen LogP contribution in [0, 0.1) is 0 Å². The van der Waals surface area contributed by atoms with Crippen molar-refractivity contribution in [3.63, 3.8) is 0 Å². The summed E-state index contributed by atoms with van der Waals surface area (Å²) in [5, 5.41) is 18.7. The molecule has 0 atom stereocenters. The number of carboxylic acid groups (broad SMARTS) is 1. The number of anilines is 1. The zero-order chi connectivity index (χ0) is 23.1. The summed E-state index contributed by atoms with van der Waals surface area (Å²) in [6.45, 7) is 1.62. The third-order valence-corrected chi connectivity index (χ3v) is 4.39. The van der Waals surface area contributed by atoms with Gasteiger partial charge in [0.1, 0.15) is 0 Å². The van der Waals surface area contributed by atoms with Crippen LogP contribution in [-0.2, 0) is 16.0 Å². The van der Waals surface area contributed by atoms with Crippen molar-refractivity contribution < 1.29 is 27.9 Å². The number of nitrogens with one attached hydrogen (secondary N) is 1. The first-order valence-corrected chi connectivity index (χ1v) is 9.43. The maximum Gasteiger partial charge on any atom is 0.490 e. The van der Waals surface area contributed by atoms with Gasteiger partial charge in [0.25, 0.3) is 0 Å². The number of carbonyl (C=O) groups is 2. The molecule has 32 heavy (non-hydrogen) atoms. The van der Waals surface area contributed by atoms with Crippen LogP contribution in [0.3, 0.4) is 0 Å². The molecule has 4 rings (SSSR count). The molecule has 1 amide bonds. The van der Waals surface area contributed by atoms with Crippen molar-refractivity contribution in [1.82, 2.24) is 25.3 Å². The Balaban J connectivity index is 0.000000360. The SMILES string of the molecule is O=C(Cc1cnn(-c2ccccc2)n1)NC1CN(c2ccncc2)C1.O=C(O)C(F)(F)F. The molecule has 3 aromatic rings. The van der Waals surface area contributed by atoms with Gasteiger partial charge in [-0.2, -0.15) is 28.2 Å². The minimum absolute atomic E-state index is 0.0282. The molecule has 1 fully saturated rings. The van der Waals surface area contributed by atoms with Crippen molar-refractivity contribution in [1.29, 1.82) is 0 Å². The summed E-state index contributed by atoms with van der Waals surface area (Å²) in [5.74, 6) is -2.79. The fourth-order valence-electron chi connectivity index (χ4n) is 2.84. The second-order valence-electron chi connectivity index (χ2n) is 6.82. The van der Waals surface area contributed by atoms with Crippen LogP contribution >= 0.6 is 0 Å². The van der Waals surface area contributed by atoms with Gasteiger partial charge in [0.15, 0.2) is 0 Å². The monoisotopic (exact) mass is 448 g/mol. The molecule has 0 unspecified atom stereocenters. The zero-order valence-corrected chi connectivity index (χ0v) is 16.6. The average molecular weight is 448 g/mol. The number of aliphatic carboxylic acids is 1. The number of nitrogens with zero attached hydrogens (tertiary/aromatic N) is 5. The normalized spacial score (nSPS) is 13.5. The lowest BCUT2D eigenvalue weighted by Gasteiger charge is -2.41. The van der Waals surface area contributed by atoms with Crippen LogP contribution in [0.2, 0.25) is 0 Å². The minimum atomic E-state index is -5.08. The molecule has 1 saturated heterocycles. The van der Waals surface area contributed by atoms with Gasteiger partial charge in [-0.05, 0) is 24.3 Å². The maximum atomic E-state index is 12.2. The fraction of sp³-hybridized carbons (Fsp3) is 0.250. The second kappa shape index (κ2) is 9.90. The second-order valence-corrected chi connectivity index (χ2v) is 6.82. The number of halogens is 3. The summed E-state index contributed by atoms with van der Waals surface area (Å²) in [6.07, 6.45) is 0.337. The predicted octanol–water partition coefficient (Wildman–Crippen LogP) is 1.84. The molecule has 1 aromatic carbocycles. The summed E-state index contributed by atoms with van der Waals surface area (Å²) in [6, 6.07) is 13.8. The Kier molecular flexibility index (Phi) is 7.03. The number of alkyl halides is 3. The summed E-state index contributed by atoms with van der Waals surface area (Å²) in [5.41, 5.74) is 2.67. The fourth-order valence-corrected chi connectivity index (χ4v) is 2.84. The molecule has 9 nitrogen and oxygen atoms in total. The van der Waals surface area contributed by atoms with Crippen LogP contribution in [0.25, 0.3) is 5.69 Å². The molecule has 0 aliphatic carbocycles. The molecule has 2 aromatic heterocycles. The van der Waals surface area contributed by atoms with Gasteiger partial charge in [-0.25, -0.2) is 4.79 Å². The third kappa shape index (κ3) is 6.27. The minimum Gasteiger partial charge on any atom is -0.475 e. The largest absolute Gasteiger partial charge is 0.490 e. The number of benzene rings is 1. The smallest absolute Gasteiger partial charge is 0.475 e. The lowest BCUT2D eigenvalue weighted by molar-refractivity contribution is -0.192. The van der Waals surface area contributed by atoms with Crippen LogP contribution in [0.4, 0.5) is 18.9 Å². The molecular weight excluding hydrogens is 429 g/mol. The quantitative estimate of drug-likeness (QED) is 0.612. The van der Waals surface area contributed by atoms with E-state index in [1.54, 1.807) is 18.6 Å². The highest BCUT2D eigenvalue weighted by Crippen LogP contribution is 2.19. The molecule has 0 radical (unpaired) electrons. The molecule has 0 spiro atoms. The molecule has 168 valence electrons. The number of amides is 1. The number of para-hydroxylation sites is 1. The summed E-state index contributed by atoms with van der Waals surface area (Å²) in [7, 11) is 0. The van der Waals surface area contributed by atoms with Crippen molar-refractivity contribution in [2.75, 3.05) is 18.0 Å².